The average Bonchev–Trinajstić information content (AvgIpc) is 2.89. The number of benzene rings is 1. The Bertz CT molecular complexity index is 828. The van der Waals surface area contributed by atoms with E-state index in [0.717, 1.165) is 0 Å². The molecule has 0 aliphatic carbocycles. The van der Waals surface area contributed by atoms with E-state index in [1.165, 1.54) is 0 Å². The summed E-state index contributed by atoms with van der Waals surface area (Å²) in [7, 11) is 3.71. The highest BCUT2D eigenvalue weighted by Gasteiger charge is 2.43. The molecule has 1 amide bonds. The molecule has 0 saturated carbocycles. The molecule has 8 nitrogen and oxygen atoms in total. The van der Waals surface area contributed by atoms with Crippen LogP contribution in [0.1, 0.15) is 12.8 Å². The van der Waals surface area contributed by atoms with Crippen LogP contribution in [-0.4, -0.2) is 106 Å². The molecule has 9 heteroatoms. The van der Waals surface area contributed by atoms with E-state index in [1.807, 2.05) is 19.0 Å². The van der Waals surface area contributed by atoms with Crippen molar-refractivity contribution in [3.8, 4) is 5.75 Å². The minimum Gasteiger partial charge on any atom is -0.487 e. The van der Waals surface area contributed by atoms with Gasteiger partial charge in [-0.1, -0.05) is 12.1 Å². The van der Waals surface area contributed by atoms with E-state index in [0.29, 0.717) is 51.3 Å². The summed E-state index contributed by atoms with van der Waals surface area (Å²) in [5.74, 6) is 0.475. The molecule has 1 fully saturated rings. The van der Waals surface area contributed by atoms with Gasteiger partial charge in [-0.05, 0) is 39.1 Å². The van der Waals surface area contributed by atoms with Crippen LogP contribution in [0, 0.1) is 0 Å². The lowest BCUT2D eigenvalue weighted by Crippen LogP contribution is -2.49. The average molecular weight is 425 g/mol. The Hall–Kier alpha value is -1.68. The zero-order valence-electron chi connectivity index (χ0n) is 17.7. The molecule has 29 heavy (non-hydrogen) atoms. The van der Waals surface area contributed by atoms with Crippen LogP contribution in [-0.2, 0) is 14.8 Å². The van der Waals surface area contributed by atoms with Crippen LogP contribution in [0.25, 0.3) is 0 Å². The first-order chi connectivity index (χ1) is 13.7. The van der Waals surface area contributed by atoms with Gasteiger partial charge in [0.25, 0.3) is 0 Å². The Morgan fingerprint density at radius 2 is 1.83 bits per heavy atom. The van der Waals surface area contributed by atoms with Gasteiger partial charge in [-0.3, -0.25) is 9.69 Å². The number of carbonyl (C=O) groups is 1. The molecule has 1 saturated heterocycles. The minimum atomic E-state index is -3.67. The number of ether oxygens (including phenoxy) is 1. The highest BCUT2D eigenvalue weighted by Crippen LogP contribution is 2.36. The van der Waals surface area contributed by atoms with Crippen molar-refractivity contribution in [3.63, 3.8) is 0 Å². The van der Waals surface area contributed by atoms with Crippen molar-refractivity contribution in [2.75, 3.05) is 60.9 Å². The standard InChI is InChI=1S/C20H32N4O4S/c1-21(2)13-14-24-16-9-11-23(15-20(25)22(3)4)12-10-17(16)28-18-7-5-6-8-19(18)29(24,26)27/h5-8,16-17H,9-15H2,1-4H3/t16-,17-/m1/s1. The second-order valence-electron chi connectivity index (χ2n) is 8.23. The summed E-state index contributed by atoms with van der Waals surface area (Å²) >= 11 is 0. The van der Waals surface area contributed by atoms with Crippen LogP contribution in [0.4, 0.5) is 0 Å². The fourth-order valence-corrected chi connectivity index (χ4v) is 5.68. The largest absolute Gasteiger partial charge is 0.487 e. The van der Waals surface area contributed by atoms with Crippen molar-refractivity contribution in [2.24, 2.45) is 0 Å². The number of hydrogen-bond acceptors (Lipinski definition) is 6. The van der Waals surface area contributed by atoms with Crippen molar-refractivity contribution in [1.82, 2.24) is 19.0 Å². The zero-order valence-corrected chi connectivity index (χ0v) is 18.6. The van der Waals surface area contributed by atoms with Crippen LogP contribution in [0.3, 0.4) is 0 Å². The Labute approximate surface area is 174 Å². The summed E-state index contributed by atoms with van der Waals surface area (Å²) in [4.78, 5) is 18.1. The first-order valence-electron chi connectivity index (χ1n) is 10.0. The van der Waals surface area contributed by atoms with Crippen molar-refractivity contribution in [1.29, 1.82) is 0 Å². The molecule has 0 radical (unpaired) electrons. The molecule has 0 spiro atoms. The number of amides is 1. The van der Waals surface area contributed by atoms with E-state index >= 15 is 0 Å². The van der Waals surface area contributed by atoms with Gasteiger partial charge in [0.1, 0.15) is 16.7 Å². The number of sulfonamides is 1. The molecule has 2 aliphatic rings. The Morgan fingerprint density at radius 1 is 1.14 bits per heavy atom. The summed E-state index contributed by atoms with van der Waals surface area (Å²) in [6.07, 6.45) is 1.06. The maximum absolute atomic E-state index is 13.5. The van der Waals surface area contributed by atoms with Gasteiger partial charge in [-0.25, -0.2) is 8.42 Å². The quantitative estimate of drug-likeness (QED) is 0.688. The summed E-state index contributed by atoms with van der Waals surface area (Å²) in [6, 6.07) is 6.64. The summed E-state index contributed by atoms with van der Waals surface area (Å²) in [5, 5.41) is 0. The number of carbonyl (C=O) groups excluding carboxylic acids is 1. The summed E-state index contributed by atoms with van der Waals surface area (Å²) in [5.41, 5.74) is 0. The highest BCUT2D eigenvalue weighted by atomic mass is 32.2. The maximum Gasteiger partial charge on any atom is 0.247 e. The van der Waals surface area contributed by atoms with Crippen LogP contribution in [0.5, 0.6) is 5.75 Å². The van der Waals surface area contributed by atoms with Crippen molar-refractivity contribution in [3.05, 3.63) is 24.3 Å². The second-order valence-corrected chi connectivity index (χ2v) is 10.1. The molecule has 1 aromatic rings. The molecule has 0 aromatic heterocycles. The third-order valence-electron chi connectivity index (χ3n) is 5.61. The summed E-state index contributed by atoms with van der Waals surface area (Å²) in [6.45, 7) is 2.74. The van der Waals surface area contributed by atoms with Gasteiger partial charge in [0, 0.05) is 40.3 Å². The maximum atomic E-state index is 13.5. The third kappa shape index (κ3) is 4.91. The molecule has 2 atom stereocenters. The van der Waals surface area contributed by atoms with Gasteiger partial charge in [0.05, 0.1) is 12.6 Å². The molecule has 1 aromatic carbocycles. The number of para-hydroxylation sites is 1. The van der Waals surface area contributed by atoms with Crippen molar-refractivity contribution >= 4 is 15.9 Å². The second kappa shape index (κ2) is 8.99. The van der Waals surface area contributed by atoms with E-state index in [4.69, 9.17) is 4.74 Å². The molecule has 0 bridgehead atoms. The number of nitrogens with zero attached hydrogens (tertiary/aromatic N) is 4. The molecular weight excluding hydrogens is 392 g/mol. The lowest BCUT2D eigenvalue weighted by Gasteiger charge is -2.32. The van der Waals surface area contributed by atoms with Gasteiger partial charge in [-0.15, -0.1) is 0 Å². The number of likely N-dealkylation sites (N-methyl/N-ethyl adjacent to an activating group) is 2. The SMILES string of the molecule is CN(C)CCN1[C@@H]2CCN(CC(=O)N(C)C)CC[C@H]2Oc2ccccc2S1(=O)=O. The number of rotatable bonds is 5. The number of likely N-dealkylation sites (tertiary alicyclic amines) is 1. The van der Waals surface area contributed by atoms with Gasteiger partial charge in [0.15, 0.2) is 0 Å². The number of fused-ring (bicyclic) bond motifs is 2. The Morgan fingerprint density at radius 3 is 2.52 bits per heavy atom. The highest BCUT2D eigenvalue weighted by molar-refractivity contribution is 7.89. The van der Waals surface area contributed by atoms with Gasteiger partial charge in [0.2, 0.25) is 15.9 Å². The lowest BCUT2D eigenvalue weighted by atomic mass is 10.1. The molecule has 0 N–H and O–H groups in total. The Kier molecular flexibility index (Phi) is 6.83. The molecule has 0 unspecified atom stereocenters. The van der Waals surface area contributed by atoms with Crippen molar-refractivity contribution in [2.45, 2.75) is 29.9 Å². The molecule has 2 heterocycles. The normalized spacial score (nSPS) is 24.7. The van der Waals surface area contributed by atoms with Gasteiger partial charge in [-0.2, -0.15) is 4.31 Å². The van der Waals surface area contributed by atoms with Crippen LogP contribution in [0.15, 0.2) is 29.2 Å². The van der Waals surface area contributed by atoms with E-state index in [9.17, 15) is 13.2 Å². The predicted molar refractivity (Wildman–Crippen MR) is 111 cm³/mol. The van der Waals surface area contributed by atoms with Crippen LogP contribution in [0.2, 0.25) is 0 Å². The molecule has 2 aliphatic heterocycles. The van der Waals surface area contributed by atoms with E-state index in [2.05, 4.69) is 4.90 Å². The fraction of sp³-hybridized carbons (Fsp3) is 0.650. The van der Waals surface area contributed by atoms with Gasteiger partial charge < -0.3 is 14.5 Å². The first kappa shape index (κ1) is 22.0. The monoisotopic (exact) mass is 424 g/mol. The third-order valence-corrected chi connectivity index (χ3v) is 7.57. The van der Waals surface area contributed by atoms with Crippen molar-refractivity contribution < 1.29 is 17.9 Å². The van der Waals surface area contributed by atoms with E-state index in [1.54, 1.807) is 47.6 Å². The topological polar surface area (TPSA) is 73.4 Å². The van der Waals surface area contributed by atoms with Crippen LogP contribution >= 0.6 is 0 Å². The zero-order chi connectivity index (χ0) is 21.2. The van der Waals surface area contributed by atoms with E-state index < -0.39 is 10.0 Å². The smallest absolute Gasteiger partial charge is 0.247 e. The predicted octanol–water partition coefficient (Wildman–Crippen LogP) is 0.553. The first-order valence-corrected chi connectivity index (χ1v) is 11.5. The van der Waals surface area contributed by atoms with E-state index in [-0.39, 0.29) is 22.9 Å². The Balaban J connectivity index is 1.90. The van der Waals surface area contributed by atoms with Gasteiger partial charge >= 0.3 is 0 Å². The molecule has 3 rings (SSSR count). The lowest BCUT2D eigenvalue weighted by molar-refractivity contribution is -0.129. The summed E-state index contributed by atoms with van der Waals surface area (Å²) < 4.78 is 34.9. The molecular formula is C20H32N4O4S. The van der Waals surface area contributed by atoms with Crippen LogP contribution < -0.4 is 4.74 Å². The minimum absolute atomic E-state index is 0.0513. The molecule has 162 valence electrons. The fourth-order valence-electron chi connectivity index (χ4n) is 3.89. The number of hydrogen-bond donors (Lipinski definition) is 0.